The molecule has 1 heterocycles. The molecule has 9 heteroatoms. The molecule has 27 heavy (non-hydrogen) atoms. The highest BCUT2D eigenvalue weighted by atomic mass is 32.2. The molecular formula is C18H17N3O5S. The number of hydrogen-bond acceptors (Lipinski definition) is 4. The molecule has 3 rings (SSSR count). The summed E-state index contributed by atoms with van der Waals surface area (Å²) in [4.78, 5) is 41.4. The third-order valence-electron chi connectivity index (χ3n) is 4.06. The third kappa shape index (κ3) is 3.52. The van der Waals surface area contributed by atoms with Gasteiger partial charge in [-0.05, 0) is 36.4 Å². The number of aliphatic imine (C=N–C) groups is 1. The highest BCUT2D eigenvalue weighted by molar-refractivity contribution is 7.95. The second kappa shape index (κ2) is 7.03. The Labute approximate surface area is 156 Å². The van der Waals surface area contributed by atoms with Gasteiger partial charge in [-0.3, -0.25) is 19.3 Å². The molecule has 0 spiro atoms. The third-order valence-corrected chi connectivity index (χ3v) is 5.94. The van der Waals surface area contributed by atoms with Crippen molar-refractivity contribution in [3.8, 4) is 0 Å². The predicted molar refractivity (Wildman–Crippen MR) is 103 cm³/mol. The first-order chi connectivity index (χ1) is 12.7. The molecule has 8 nitrogen and oxygen atoms in total. The van der Waals surface area contributed by atoms with Gasteiger partial charge >= 0.3 is 0 Å². The predicted octanol–water partition coefficient (Wildman–Crippen LogP) is 0.716. The van der Waals surface area contributed by atoms with Crippen molar-refractivity contribution in [3.63, 3.8) is 0 Å². The van der Waals surface area contributed by atoms with Crippen molar-refractivity contribution in [2.75, 3.05) is 25.5 Å². The standard InChI is InChI=1S/C18H17N3O5S/c1-20(2)27(25,26)13-9-7-12(8-10-13)19-16(22)11-21-15-6-4-3-5-14(15)17(23)18(21)24/h3-10H,11H2,1-2H3,(H,25,26). The van der Waals surface area contributed by atoms with Gasteiger partial charge in [-0.1, -0.05) is 12.1 Å². The number of amides is 2. The first kappa shape index (κ1) is 18.9. The molecular weight excluding hydrogens is 370 g/mol. The van der Waals surface area contributed by atoms with E-state index in [2.05, 4.69) is 4.99 Å². The van der Waals surface area contributed by atoms with Crippen LogP contribution >= 0.6 is 0 Å². The van der Waals surface area contributed by atoms with Gasteiger partial charge in [0.1, 0.15) is 6.54 Å². The van der Waals surface area contributed by atoms with E-state index in [9.17, 15) is 23.1 Å². The number of nitrogens with zero attached hydrogens (tertiary/aromatic N) is 3. The lowest BCUT2D eigenvalue weighted by atomic mass is 10.1. The number of hydrogen-bond donors (Lipinski definition) is 1. The van der Waals surface area contributed by atoms with Gasteiger partial charge in [-0.25, -0.2) is 13.5 Å². The number of benzene rings is 1. The van der Waals surface area contributed by atoms with E-state index in [1.165, 1.54) is 48.8 Å². The highest BCUT2D eigenvalue weighted by Gasteiger charge is 2.36. The number of carbonyl (C=O) groups is 3. The summed E-state index contributed by atoms with van der Waals surface area (Å²) in [5, 5.41) is 0. The summed E-state index contributed by atoms with van der Waals surface area (Å²) in [6.07, 6.45) is 5.71. The van der Waals surface area contributed by atoms with Crippen LogP contribution in [0, 0.1) is 0 Å². The lowest BCUT2D eigenvalue weighted by Crippen LogP contribution is -2.34. The van der Waals surface area contributed by atoms with Crippen LogP contribution in [0.3, 0.4) is 0 Å². The number of allylic oxidation sites excluding steroid dienone is 4. The molecule has 1 unspecified atom stereocenters. The number of anilines is 1. The topological polar surface area (TPSA) is 107 Å². The van der Waals surface area contributed by atoms with Crippen LogP contribution in [-0.2, 0) is 19.6 Å². The average molecular weight is 387 g/mol. The Bertz CT molecular complexity index is 1040. The minimum atomic E-state index is -3.32. The first-order valence-corrected chi connectivity index (χ1v) is 9.43. The molecule has 0 fully saturated rings. The van der Waals surface area contributed by atoms with Gasteiger partial charge in [0.05, 0.1) is 21.8 Å². The van der Waals surface area contributed by atoms with Crippen LogP contribution in [0.5, 0.6) is 0 Å². The number of ketones is 1. The Balaban J connectivity index is 1.78. The molecule has 0 saturated carbocycles. The van der Waals surface area contributed by atoms with Crippen LogP contribution in [0.1, 0.15) is 10.4 Å². The number of Topliss-reactive ketones (excluding diaryl/α,β-unsaturated/α-hetero) is 1. The van der Waals surface area contributed by atoms with Crippen molar-refractivity contribution >= 4 is 43.8 Å². The monoisotopic (exact) mass is 387 g/mol. The molecule has 1 aliphatic carbocycles. The van der Waals surface area contributed by atoms with Gasteiger partial charge in [0, 0.05) is 14.1 Å². The Morgan fingerprint density at radius 3 is 2.41 bits per heavy atom. The minimum absolute atomic E-state index is 0.188. The summed E-state index contributed by atoms with van der Waals surface area (Å²) in [7, 11) is -0.356. The fourth-order valence-electron chi connectivity index (χ4n) is 2.63. The molecule has 2 amide bonds. The zero-order valence-corrected chi connectivity index (χ0v) is 15.5. The molecule has 1 atom stereocenters. The van der Waals surface area contributed by atoms with E-state index in [1.54, 1.807) is 18.2 Å². The van der Waals surface area contributed by atoms with E-state index in [1.807, 2.05) is 0 Å². The zero-order valence-electron chi connectivity index (χ0n) is 14.7. The number of fused-ring (bicyclic) bond motifs is 1. The highest BCUT2D eigenvalue weighted by Crippen LogP contribution is 2.28. The maximum absolute atomic E-state index is 12.2. The molecule has 1 N–H and O–H groups in total. The average Bonchev–Trinajstić information content (AvgIpc) is 2.87. The van der Waals surface area contributed by atoms with Crippen molar-refractivity contribution in [1.82, 2.24) is 4.31 Å². The van der Waals surface area contributed by atoms with Crippen molar-refractivity contribution < 1.29 is 23.1 Å². The Kier molecular flexibility index (Phi) is 4.92. The molecule has 1 aromatic carbocycles. The van der Waals surface area contributed by atoms with Crippen molar-refractivity contribution in [2.24, 2.45) is 4.99 Å². The Hall–Kier alpha value is -2.88. The van der Waals surface area contributed by atoms with E-state index in [4.69, 9.17) is 0 Å². The van der Waals surface area contributed by atoms with E-state index in [0.29, 0.717) is 5.69 Å². The van der Waals surface area contributed by atoms with Crippen LogP contribution < -0.4 is 4.90 Å². The van der Waals surface area contributed by atoms with E-state index in [0.717, 1.165) is 4.90 Å². The van der Waals surface area contributed by atoms with Crippen LogP contribution in [0.15, 0.2) is 53.6 Å². The summed E-state index contributed by atoms with van der Waals surface area (Å²) in [6.45, 7) is -0.363. The van der Waals surface area contributed by atoms with Gasteiger partial charge in [-0.15, -0.1) is 0 Å². The maximum atomic E-state index is 12.2. The molecule has 1 aromatic rings. The van der Waals surface area contributed by atoms with Crippen molar-refractivity contribution in [2.45, 2.75) is 0 Å². The fourth-order valence-corrected chi connectivity index (χ4v) is 3.54. The second-order valence-corrected chi connectivity index (χ2v) is 8.24. The summed E-state index contributed by atoms with van der Waals surface area (Å²) in [6, 6.07) is 6.45. The summed E-state index contributed by atoms with van der Waals surface area (Å²) < 4.78 is 23.3. The normalized spacial score (nSPS) is 18.1. The van der Waals surface area contributed by atoms with Gasteiger partial charge in [-0.2, -0.15) is 0 Å². The van der Waals surface area contributed by atoms with Crippen molar-refractivity contribution in [3.05, 3.63) is 54.1 Å². The van der Waals surface area contributed by atoms with Gasteiger partial charge in [0.15, 0.2) is 9.99 Å². The summed E-state index contributed by atoms with van der Waals surface area (Å²) in [5.74, 6) is -2.02. The number of carbonyl (C=O) groups excluding carboxylic acids is 3. The number of rotatable bonds is 3. The van der Waals surface area contributed by atoms with Gasteiger partial charge in [0.2, 0.25) is 0 Å². The maximum Gasteiger partial charge on any atom is 0.299 e. The second-order valence-electron chi connectivity index (χ2n) is 6.05. The molecule has 0 saturated heterocycles. The van der Waals surface area contributed by atoms with E-state index < -0.39 is 27.6 Å². The van der Waals surface area contributed by atoms with Crippen molar-refractivity contribution in [1.29, 1.82) is 0 Å². The van der Waals surface area contributed by atoms with Crippen LogP contribution in [-0.4, -0.2) is 61.9 Å². The van der Waals surface area contributed by atoms with Crippen LogP contribution in [0.2, 0.25) is 0 Å². The van der Waals surface area contributed by atoms with Crippen LogP contribution in [0.4, 0.5) is 5.69 Å². The molecule has 140 valence electrons. The molecule has 0 aromatic heterocycles. The SMILES string of the molecule is CN(C)S(=O)(O)=C1C=CC(=NC(=O)CN2C(=O)C(=O)c3ccccc32)C=C1. The molecule has 0 radical (unpaired) electrons. The number of para-hydroxylation sites is 1. The lowest BCUT2D eigenvalue weighted by Gasteiger charge is -2.16. The smallest absolute Gasteiger partial charge is 0.299 e. The molecule has 1 aliphatic heterocycles. The molecule has 0 bridgehead atoms. The van der Waals surface area contributed by atoms with Gasteiger partial charge in [0.25, 0.3) is 17.6 Å². The first-order valence-electron chi connectivity index (χ1n) is 7.96. The molecule has 2 aliphatic rings. The summed E-state index contributed by atoms with van der Waals surface area (Å²) in [5.41, 5.74) is 0.933. The lowest BCUT2D eigenvalue weighted by molar-refractivity contribution is -0.119. The van der Waals surface area contributed by atoms with E-state index >= 15 is 0 Å². The fraction of sp³-hybridized carbons (Fsp3) is 0.167. The van der Waals surface area contributed by atoms with E-state index in [-0.39, 0.29) is 22.7 Å². The largest absolute Gasteiger partial charge is 0.302 e. The quantitative estimate of drug-likeness (QED) is 0.607. The van der Waals surface area contributed by atoms with Crippen LogP contribution in [0.25, 0.3) is 0 Å². The zero-order chi connectivity index (χ0) is 19.8. The summed E-state index contributed by atoms with van der Waals surface area (Å²) >= 11 is 0. The van der Waals surface area contributed by atoms with Gasteiger partial charge < -0.3 is 4.55 Å². The Morgan fingerprint density at radius 2 is 1.78 bits per heavy atom. The minimum Gasteiger partial charge on any atom is -0.302 e. The Morgan fingerprint density at radius 1 is 1.15 bits per heavy atom.